The number of thioether (sulfide) groups is 1. The fraction of sp³-hybridized carbons (Fsp3) is 0.455. The van der Waals surface area contributed by atoms with Gasteiger partial charge in [-0.25, -0.2) is 0 Å². The van der Waals surface area contributed by atoms with Crippen LogP contribution in [0.4, 0.5) is 0 Å². The lowest BCUT2D eigenvalue weighted by atomic mass is 10.1. The highest BCUT2D eigenvalue weighted by Crippen LogP contribution is 2.37. The number of carboxylic acids is 1. The molecule has 4 heteroatoms. The Morgan fingerprint density at radius 3 is 2.60 bits per heavy atom. The van der Waals surface area contributed by atoms with E-state index in [9.17, 15) is 9.90 Å². The summed E-state index contributed by atoms with van der Waals surface area (Å²) in [6.07, 6.45) is 1.62. The second-order valence-electron chi connectivity index (χ2n) is 3.72. The normalized spacial score (nSPS) is 14.9. The number of pyridine rings is 1. The van der Waals surface area contributed by atoms with Gasteiger partial charge in [-0.3, -0.25) is 9.78 Å². The smallest absolute Gasteiger partial charge is 0.325 e. The van der Waals surface area contributed by atoms with Crippen molar-refractivity contribution in [2.45, 2.75) is 30.8 Å². The van der Waals surface area contributed by atoms with E-state index in [0.717, 1.165) is 0 Å². The van der Waals surface area contributed by atoms with Crippen LogP contribution in [0.15, 0.2) is 24.4 Å². The van der Waals surface area contributed by atoms with Gasteiger partial charge in [0.15, 0.2) is 4.75 Å². The van der Waals surface area contributed by atoms with Crippen LogP contribution < -0.4 is 0 Å². The zero-order valence-corrected chi connectivity index (χ0v) is 9.91. The minimum absolute atomic E-state index is 0.244. The number of aliphatic carboxylic acids is 1. The summed E-state index contributed by atoms with van der Waals surface area (Å²) >= 11 is 1.40. The molecule has 1 aromatic rings. The van der Waals surface area contributed by atoms with Crippen LogP contribution in [0.25, 0.3) is 0 Å². The third kappa shape index (κ3) is 2.72. The summed E-state index contributed by atoms with van der Waals surface area (Å²) in [6.45, 7) is 5.66. The van der Waals surface area contributed by atoms with Gasteiger partial charge in [-0.05, 0) is 19.1 Å². The molecule has 1 heterocycles. The second kappa shape index (κ2) is 4.66. The number of carboxylic acid groups (broad SMARTS) is 1. The molecule has 82 valence electrons. The highest BCUT2D eigenvalue weighted by molar-refractivity contribution is 8.01. The Hall–Kier alpha value is -1.03. The molecule has 0 aliphatic heterocycles. The molecule has 0 spiro atoms. The molecule has 0 amide bonds. The summed E-state index contributed by atoms with van der Waals surface area (Å²) in [6, 6.07) is 5.35. The molecular weight excluding hydrogens is 210 g/mol. The summed E-state index contributed by atoms with van der Waals surface area (Å²) in [4.78, 5) is 15.4. The summed E-state index contributed by atoms with van der Waals surface area (Å²) in [5.41, 5.74) is 0.594. The lowest BCUT2D eigenvalue weighted by Gasteiger charge is -2.25. The number of hydrogen-bond donors (Lipinski definition) is 1. The molecule has 0 saturated carbocycles. The van der Waals surface area contributed by atoms with Crippen LogP contribution in [-0.2, 0) is 9.54 Å². The van der Waals surface area contributed by atoms with E-state index in [4.69, 9.17) is 0 Å². The van der Waals surface area contributed by atoms with Crippen molar-refractivity contribution in [1.82, 2.24) is 4.98 Å². The number of rotatable bonds is 4. The van der Waals surface area contributed by atoms with E-state index < -0.39 is 10.7 Å². The Kier molecular flexibility index (Phi) is 3.74. The van der Waals surface area contributed by atoms with Crippen molar-refractivity contribution in [1.29, 1.82) is 0 Å². The molecule has 0 aliphatic rings. The third-order valence-electron chi connectivity index (χ3n) is 2.03. The second-order valence-corrected chi connectivity index (χ2v) is 5.71. The quantitative estimate of drug-likeness (QED) is 0.855. The van der Waals surface area contributed by atoms with Gasteiger partial charge < -0.3 is 5.11 Å². The Morgan fingerprint density at radius 1 is 1.53 bits per heavy atom. The van der Waals surface area contributed by atoms with Gasteiger partial charge in [-0.15, -0.1) is 11.8 Å². The van der Waals surface area contributed by atoms with Gasteiger partial charge in [0.1, 0.15) is 0 Å². The van der Waals surface area contributed by atoms with E-state index >= 15 is 0 Å². The summed E-state index contributed by atoms with van der Waals surface area (Å²) in [5, 5.41) is 9.52. The van der Waals surface area contributed by atoms with Gasteiger partial charge >= 0.3 is 5.97 Å². The highest BCUT2D eigenvalue weighted by atomic mass is 32.2. The maximum absolute atomic E-state index is 11.3. The van der Waals surface area contributed by atoms with Crippen molar-refractivity contribution in [2.75, 3.05) is 0 Å². The van der Waals surface area contributed by atoms with Crippen LogP contribution in [0.1, 0.15) is 26.5 Å². The van der Waals surface area contributed by atoms with Gasteiger partial charge in [0, 0.05) is 11.4 Å². The maximum atomic E-state index is 11.3. The average molecular weight is 225 g/mol. The van der Waals surface area contributed by atoms with Crippen molar-refractivity contribution in [2.24, 2.45) is 0 Å². The minimum atomic E-state index is -0.963. The molecule has 0 saturated heterocycles. The number of nitrogens with zero attached hydrogens (tertiary/aromatic N) is 1. The third-order valence-corrected chi connectivity index (χ3v) is 3.36. The first-order chi connectivity index (χ1) is 6.97. The van der Waals surface area contributed by atoms with Crippen LogP contribution in [-0.4, -0.2) is 21.3 Å². The van der Waals surface area contributed by atoms with Gasteiger partial charge in [-0.2, -0.15) is 0 Å². The minimum Gasteiger partial charge on any atom is -0.480 e. The lowest BCUT2D eigenvalue weighted by molar-refractivity contribution is -0.139. The SMILES string of the molecule is CC(C)SC(C)(C(=O)O)c1ccccn1. The molecule has 15 heavy (non-hydrogen) atoms. The monoisotopic (exact) mass is 225 g/mol. The van der Waals surface area contributed by atoms with Gasteiger partial charge in [-0.1, -0.05) is 19.9 Å². The predicted molar refractivity (Wildman–Crippen MR) is 62.0 cm³/mol. The molecule has 3 nitrogen and oxygen atoms in total. The van der Waals surface area contributed by atoms with E-state index in [1.54, 1.807) is 25.3 Å². The van der Waals surface area contributed by atoms with Crippen molar-refractivity contribution < 1.29 is 9.90 Å². The van der Waals surface area contributed by atoms with Crippen molar-refractivity contribution in [3.05, 3.63) is 30.1 Å². The largest absolute Gasteiger partial charge is 0.480 e. The maximum Gasteiger partial charge on any atom is 0.325 e. The summed E-state index contributed by atoms with van der Waals surface area (Å²) in [7, 11) is 0. The van der Waals surface area contributed by atoms with Crippen LogP contribution in [0.3, 0.4) is 0 Å². The van der Waals surface area contributed by atoms with E-state index in [1.807, 2.05) is 19.9 Å². The Balaban J connectivity index is 3.07. The Morgan fingerprint density at radius 2 is 2.20 bits per heavy atom. The molecule has 0 aromatic carbocycles. The first-order valence-electron chi connectivity index (χ1n) is 4.79. The summed E-state index contributed by atoms with van der Waals surface area (Å²) in [5.74, 6) is -0.847. The number of aromatic nitrogens is 1. The van der Waals surface area contributed by atoms with E-state index in [1.165, 1.54) is 11.8 Å². The van der Waals surface area contributed by atoms with Gasteiger partial charge in [0.25, 0.3) is 0 Å². The summed E-state index contributed by atoms with van der Waals surface area (Å²) < 4.78 is -0.963. The van der Waals surface area contributed by atoms with Crippen LogP contribution >= 0.6 is 11.8 Å². The zero-order valence-electron chi connectivity index (χ0n) is 9.10. The molecule has 0 fully saturated rings. The topological polar surface area (TPSA) is 50.2 Å². The molecule has 0 radical (unpaired) electrons. The first-order valence-corrected chi connectivity index (χ1v) is 5.67. The van der Waals surface area contributed by atoms with Crippen LogP contribution in [0.2, 0.25) is 0 Å². The average Bonchev–Trinajstić information content (AvgIpc) is 2.17. The van der Waals surface area contributed by atoms with Crippen molar-refractivity contribution in [3.8, 4) is 0 Å². The fourth-order valence-corrected chi connectivity index (χ4v) is 2.62. The molecule has 1 aromatic heterocycles. The first kappa shape index (κ1) is 12.0. The number of carbonyl (C=O) groups is 1. The fourth-order valence-electron chi connectivity index (χ4n) is 1.34. The molecule has 0 aliphatic carbocycles. The van der Waals surface area contributed by atoms with Crippen LogP contribution in [0.5, 0.6) is 0 Å². The lowest BCUT2D eigenvalue weighted by Crippen LogP contribution is -2.31. The molecule has 1 unspecified atom stereocenters. The van der Waals surface area contributed by atoms with Gasteiger partial charge in [0.2, 0.25) is 0 Å². The Labute approximate surface area is 93.9 Å². The van der Waals surface area contributed by atoms with Crippen molar-refractivity contribution in [3.63, 3.8) is 0 Å². The zero-order chi connectivity index (χ0) is 11.5. The highest BCUT2D eigenvalue weighted by Gasteiger charge is 2.37. The molecular formula is C11H15NO2S. The number of hydrogen-bond acceptors (Lipinski definition) is 3. The predicted octanol–water partition coefficient (Wildman–Crippen LogP) is 2.52. The Bertz CT molecular complexity index is 340. The molecule has 1 atom stereocenters. The van der Waals surface area contributed by atoms with E-state index in [-0.39, 0.29) is 5.25 Å². The van der Waals surface area contributed by atoms with Gasteiger partial charge in [0.05, 0.1) is 5.69 Å². The van der Waals surface area contributed by atoms with E-state index in [2.05, 4.69) is 4.98 Å². The van der Waals surface area contributed by atoms with Crippen LogP contribution in [0, 0.1) is 0 Å². The molecule has 0 bridgehead atoms. The van der Waals surface area contributed by atoms with E-state index in [0.29, 0.717) is 5.69 Å². The van der Waals surface area contributed by atoms with Crippen molar-refractivity contribution >= 4 is 17.7 Å². The molecule has 1 N–H and O–H groups in total. The molecule has 1 rings (SSSR count). The standard InChI is InChI=1S/C11H15NO2S/c1-8(2)15-11(3,10(13)14)9-6-4-5-7-12-9/h4-8H,1-3H3,(H,13,14).